The minimum atomic E-state index is 1.04. The normalized spacial score (nSPS) is 10.2. The number of rotatable bonds is 5. The molecule has 2 nitrogen and oxygen atoms in total. The lowest BCUT2D eigenvalue weighted by molar-refractivity contribution is 0.276. The second kappa shape index (κ2) is 9.37. The van der Waals surface area contributed by atoms with Crippen LogP contribution in [0, 0.1) is 0 Å². The molecule has 0 radical (unpaired) electrons. The molecule has 0 atom stereocenters. The van der Waals surface area contributed by atoms with Crippen molar-refractivity contribution in [3.8, 4) is 0 Å². The molecule has 16 heavy (non-hydrogen) atoms. The van der Waals surface area contributed by atoms with Gasteiger partial charge in [0, 0.05) is 19.6 Å². The van der Waals surface area contributed by atoms with Crippen molar-refractivity contribution in [1.82, 2.24) is 9.80 Å². The van der Waals surface area contributed by atoms with Gasteiger partial charge in [-0.3, -0.25) is 0 Å². The average Bonchev–Trinajstić information content (AvgIpc) is 2.30. The Hall–Kier alpha value is -0.860. The highest BCUT2D eigenvalue weighted by molar-refractivity contribution is 5.14. The predicted octanol–water partition coefficient (Wildman–Crippen LogP) is 2.71. The van der Waals surface area contributed by atoms with Crippen LogP contribution in [0.1, 0.15) is 19.4 Å². The highest BCUT2D eigenvalue weighted by Crippen LogP contribution is 2.01. The van der Waals surface area contributed by atoms with Gasteiger partial charge >= 0.3 is 0 Å². The van der Waals surface area contributed by atoms with Crippen LogP contribution in [0.2, 0.25) is 0 Å². The lowest BCUT2D eigenvalue weighted by Crippen LogP contribution is -2.28. The van der Waals surface area contributed by atoms with Crippen LogP contribution >= 0.6 is 0 Å². The number of hydrogen-bond donors (Lipinski definition) is 0. The van der Waals surface area contributed by atoms with Crippen molar-refractivity contribution in [3.05, 3.63) is 35.9 Å². The highest BCUT2D eigenvalue weighted by Gasteiger charge is 1.99. The van der Waals surface area contributed by atoms with E-state index >= 15 is 0 Å². The first-order valence-electron chi connectivity index (χ1n) is 6.05. The molecule has 0 aliphatic heterocycles. The molecular formula is C14H26N2. The summed E-state index contributed by atoms with van der Waals surface area (Å²) in [6.45, 7) is 7.26. The van der Waals surface area contributed by atoms with E-state index in [1.165, 1.54) is 5.56 Å². The number of likely N-dealkylation sites (N-methyl/N-ethyl adjacent to an activating group) is 2. The third kappa shape index (κ3) is 7.43. The Morgan fingerprint density at radius 2 is 1.44 bits per heavy atom. The summed E-state index contributed by atoms with van der Waals surface area (Å²) in [4.78, 5) is 4.55. The fourth-order valence-corrected chi connectivity index (χ4v) is 1.34. The summed E-state index contributed by atoms with van der Waals surface area (Å²) < 4.78 is 0. The molecule has 0 aliphatic rings. The number of nitrogens with zero attached hydrogens (tertiary/aromatic N) is 2. The molecule has 0 N–H and O–H groups in total. The summed E-state index contributed by atoms with van der Waals surface area (Å²) in [7, 11) is 6.38. The van der Waals surface area contributed by atoms with Gasteiger partial charge in [-0.15, -0.1) is 0 Å². The fraction of sp³-hybridized carbons (Fsp3) is 0.571. The van der Waals surface area contributed by atoms with Crippen molar-refractivity contribution >= 4 is 0 Å². The molecule has 0 bridgehead atoms. The van der Waals surface area contributed by atoms with Crippen molar-refractivity contribution in [2.24, 2.45) is 0 Å². The summed E-state index contributed by atoms with van der Waals surface area (Å²) in [6.07, 6.45) is 0. The van der Waals surface area contributed by atoms with Gasteiger partial charge in [-0.2, -0.15) is 0 Å². The van der Waals surface area contributed by atoms with E-state index in [-0.39, 0.29) is 0 Å². The minimum Gasteiger partial charge on any atom is -0.308 e. The van der Waals surface area contributed by atoms with Gasteiger partial charge < -0.3 is 9.80 Å². The van der Waals surface area contributed by atoms with Crippen LogP contribution in [-0.4, -0.2) is 44.0 Å². The van der Waals surface area contributed by atoms with E-state index in [1.807, 2.05) is 13.8 Å². The molecule has 0 unspecified atom stereocenters. The monoisotopic (exact) mass is 222 g/mol. The predicted molar refractivity (Wildman–Crippen MR) is 72.7 cm³/mol. The molecule has 1 aromatic carbocycles. The smallest absolute Gasteiger partial charge is 0.0231 e. The molecule has 0 saturated heterocycles. The molecule has 0 aliphatic carbocycles. The standard InChI is InChI=1S/C12H20N2.C2H6/c1-13(2)9-10-14(3)11-12-7-5-4-6-8-12;1-2/h4-8H,9-11H2,1-3H3;1-2H3. The minimum absolute atomic E-state index is 1.04. The highest BCUT2D eigenvalue weighted by atomic mass is 15.1. The zero-order valence-corrected chi connectivity index (χ0v) is 11.4. The maximum absolute atomic E-state index is 2.34. The van der Waals surface area contributed by atoms with Crippen molar-refractivity contribution in [1.29, 1.82) is 0 Å². The number of benzene rings is 1. The van der Waals surface area contributed by atoms with E-state index in [0.717, 1.165) is 19.6 Å². The van der Waals surface area contributed by atoms with Gasteiger partial charge in [-0.1, -0.05) is 44.2 Å². The lowest BCUT2D eigenvalue weighted by atomic mass is 10.2. The summed E-state index contributed by atoms with van der Waals surface area (Å²) in [5, 5.41) is 0. The number of hydrogen-bond acceptors (Lipinski definition) is 2. The maximum atomic E-state index is 2.34. The van der Waals surface area contributed by atoms with Gasteiger partial charge in [-0.05, 0) is 26.7 Å². The lowest BCUT2D eigenvalue weighted by Gasteiger charge is -2.19. The summed E-state index contributed by atoms with van der Waals surface area (Å²) >= 11 is 0. The second-order valence-electron chi connectivity index (χ2n) is 4.03. The van der Waals surface area contributed by atoms with E-state index in [2.05, 4.69) is 61.3 Å². The Kier molecular flexibility index (Phi) is 8.87. The molecule has 1 rings (SSSR count). The van der Waals surface area contributed by atoms with E-state index in [4.69, 9.17) is 0 Å². The zero-order chi connectivity index (χ0) is 12.4. The van der Waals surface area contributed by atoms with Crippen molar-refractivity contribution < 1.29 is 0 Å². The van der Waals surface area contributed by atoms with Crippen molar-refractivity contribution in [2.45, 2.75) is 20.4 Å². The third-order valence-corrected chi connectivity index (χ3v) is 2.22. The zero-order valence-electron chi connectivity index (χ0n) is 11.4. The van der Waals surface area contributed by atoms with E-state index in [0.29, 0.717) is 0 Å². The van der Waals surface area contributed by atoms with Crippen LogP contribution in [0.4, 0.5) is 0 Å². The molecule has 0 fully saturated rings. The molecule has 92 valence electrons. The molecule has 0 spiro atoms. The molecule has 1 aromatic rings. The Bertz CT molecular complexity index is 244. The molecule has 0 aromatic heterocycles. The topological polar surface area (TPSA) is 6.48 Å². The first kappa shape index (κ1) is 15.1. The second-order valence-corrected chi connectivity index (χ2v) is 4.03. The SMILES string of the molecule is CC.CN(C)CCN(C)Cc1ccccc1. The van der Waals surface area contributed by atoms with Crippen LogP contribution in [0.25, 0.3) is 0 Å². The molecule has 2 heteroatoms. The summed E-state index contributed by atoms with van der Waals surface area (Å²) in [6, 6.07) is 10.6. The van der Waals surface area contributed by atoms with Crippen LogP contribution in [0.3, 0.4) is 0 Å². The van der Waals surface area contributed by atoms with Gasteiger partial charge in [0.1, 0.15) is 0 Å². The Morgan fingerprint density at radius 1 is 0.875 bits per heavy atom. The van der Waals surface area contributed by atoms with E-state index < -0.39 is 0 Å². The Balaban J connectivity index is 0.00000106. The maximum Gasteiger partial charge on any atom is 0.0231 e. The first-order chi connectivity index (χ1) is 7.68. The Labute approximate surface area is 101 Å². The average molecular weight is 222 g/mol. The molecular weight excluding hydrogens is 196 g/mol. The fourth-order valence-electron chi connectivity index (χ4n) is 1.34. The quantitative estimate of drug-likeness (QED) is 0.756. The van der Waals surface area contributed by atoms with Crippen LogP contribution < -0.4 is 0 Å². The Morgan fingerprint density at radius 3 is 1.94 bits per heavy atom. The van der Waals surface area contributed by atoms with Crippen LogP contribution in [-0.2, 0) is 6.54 Å². The van der Waals surface area contributed by atoms with E-state index in [1.54, 1.807) is 0 Å². The van der Waals surface area contributed by atoms with Gasteiger partial charge in [0.05, 0.1) is 0 Å². The summed E-state index contributed by atoms with van der Waals surface area (Å²) in [5.41, 5.74) is 1.38. The van der Waals surface area contributed by atoms with Crippen molar-refractivity contribution in [2.75, 3.05) is 34.2 Å². The third-order valence-electron chi connectivity index (χ3n) is 2.22. The van der Waals surface area contributed by atoms with Crippen LogP contribution in [0.15, 0.2) is 30.3 Å². The first-order valence-corrected chi connectivity index (χ1v) is 6.05. The summed E-state index contributed by atoms with van der Waals surface area (Å²) in [5.74, 6) is 0. The molecule has 0 heterocycles. The van der Waals surface area contributed by atoms with Crippen LogP contribution in [0.5, 0.6) is 0 Å². The van der Waals surface area contributed by atoms with Gasteiger partial charge in [0.15, 0.2) is 0 Å². The van der Waals surface area contributed by atoms with Gasteiger partial charge in [0.2, 0.25) is 0 Å². The van der Waals surface area contributed by atoms with Gasteiger partial charge in [-0.25, -0.2) is 0 Å². The molecule has 0 amide bonds. The van der Waals surface area contributed by atoms with Gasteiger partial charge in [0.25, 0.3) is 0 Å². The van der Waals surface area contributed by atoms with Crippen molar-refractivity contribution in [3.63, 3.8) is 0 Å². The largest absolute Gasteiger partial charge is 0.308 e. The molecule has 0 saturated carbocycles. The van der Waals surface area contributed by atoms with E-state index in [9.17, 15) is 0 Å².